The minimum Gasteiger partial charge on any atom is -0.482 e. The third-order valence-corrected chi connectivity index (χ3v) is 7.24. The van der Waals surface area contributed by atoms with E-state index in [1.807, 2.05) is 4.72 Å². The van der Waals surface area contributed by atoms with Crippen molar-refractivity contribution in [2.24, 2.45) is 11.3 Å². The number of anilines is 1. The van der Waals surface area contributed by atoms with Gasteiger partial charge in [0.05, 0.1) is 11.8 Å². The molecule has 3 aliphatic rings. The fraction of sp³-hybridized carbons (Fsp3) is 0.524. The molecular weight excluding hydrogens is 435 g/mol. The molecular formula is C21H24F3NO5S. The molecule has 3 aliphatic carbocycles. The molecule has 1 fully saturated rings. The second kappa shape index (κ2) is 7.25. The van der Waals surface area contributed by atoms with Gasteiger partial charge in [0.2, 0.25) is 0 Å². The Kier molecular flexibility index (Phi) is 5.18. The summed E-state index contributed by atoms with van der Waals surface area (Å²) in [6, 6.07) is 2.84. The molecule has 0 amide bonds. The van der Waals surface area contributed by atoms with Gasteiger partial charge in [-0.3, -0.25) is 9.27 Å². The largest absolute Gasteiger partial charge is 0.482 e. The van der Waals surface area contributed by atoms with Gasteiger partial charge >= 0.3 is 16.5 Å². The van der Waals surface area contributed by atoms with Gasteiger partial charge in [-0.15, -0.1) is 0 Å². The molecule has 0 heterocycles. The quantitative estimate of drug-likeness (QED) is 0.462. The zero-order valence-electron chi connectivity index (χ0n) is 16.9. The number of rotatable bonds is 4. The molecule has 3 N–H and O–H groups in total. The van der Waals surface area contributed by atoms with Crippen LogP contribution >= 0.6 is 0 Å². The normalized spacial score (nSPS) is 28.1. The lowest BCUT2D eigenvalue weighted by Crippen LogP contribution is -2.37. The predicted octanol–water partition coefficient (Wildman–Crippen LogP) is 4.28. The van der Waals surface area contributed by atoms with E-state index in [2.05, 4.69) is 13.5 Å². The van der Waals surface area contributed by atoms with Crippen molar-refractivity contribution in [2.75, 3.05) is 11.3 Å². The first-order valence-electron chi connectivity index (χ1n) is 9.98. The van der Waals surface area contributed by atoms with E-state index in [0.29, 0.717) is 32.1 Å². The van der Waals surface area contributed by atoms with Crippen LogP contribution in [-0.2, 0) is 16.7 Å². The van der Waals surface area contributed by atoms with Crippen LogP contribution in [0.4, 0.5) is 18.9 Å². The van der Waals surface area contributed by atoms with E-state index in [1.54, 1.807) is 0 Å². The molecule has 170 valence electrons. The number of alkyl halides is 3. The Labute approximate surface area is 178 Å². The van der Waals surface area contributed by atoms with Crippen molar-refractivity contribution in [2.45, 2.75) is 51.3 Å². The van der Waals surface area contributed by atoms with Gasteiger partial charge in [-0.05, 0) is 60.9 Å². The minimum absolute atomic E-state index is 0.00886. The SMILES string of the molecule is C=C1C[C@H](O)[C@@]2(C)CCC3=C(CCc4cc(NS(=O)(=O)O)c(OCC(F)(F)F)cc43)[C@H]12. The topological polar surface area (TPSA) is 95.9 Å². The molecule has 0 aromatic heterocycles. The summed E-state index contributed by atoms with van der Waals surface area (Å²) in [7, 11) is -4.70. The average Bonchev–Trinajstić information content (AvgIpc) is 2.86. The Hall–Kier alpha value is -2.04. The van der Waals surface area contributed by atoms with Crippen LogP contribution in [0.5, 0.6) is 5.75 Å². The first kappa shape index (κ1) is 22.2. The summed E-state index contributed by atoms with van der Waals surface area (Å²) >= 11 is 0. The second-order valence-corrected chi connectivity index (χ2v) is 9.96. The molecule has 6 nitrogen and oxygen atoms in total. The molecule has 0 saturated heterocycles. The zero-order valence-corrected chi connectivity index (χ0v) is 17.7. The number of fused-ring (bicyclic) bond motifs is 4. The van der Waals surface area contributed by atoms with Crippen LogP contribution < -0.4 is 9.46 Å². The monoisotopic (exact) mass is 459 g/mol. The standard InChI is InChI=1S/C21H24F3NO5S/c1-11-7-18(26)20(2)6-5-13-14(19(11)20)4-3-12-8-16(25-31(27,28)29)17(9-15(12)13)30-10-21(22,23)24/h8-9,18-19,25-26H,1,3-7,10H2,2H3,(H,27,28,29)/t18-,19-,20+/m0/s1. The number of aryl methyl sites for hydroxylation is 1. The third-order valence-electron chi connectivity index (χ3n) is 6.76. The number of halogens is 3. The van der Waals surface area contributed by atoms with Gasteiger partial charge in [-0.2, -0.15) is 21.6 Å². The summed E-state index contributed by atoms with van der Waals surface area (Å²) in [6.07, 6.45) is -1.98. The van der Waals surface area contributed by atoms with Gasteiger partial charge in [0.1, 0.15) is 5.75 Å². The second-order valence-electron chi connectivity index (χ2n) is 8.81. The smallest absolute Gasteiger partial charge is 0.422 e. The van der Waals surface area contributed by atoms with Crippen molar-refractivity contribution in [3.05, 3.63) is 41.0 Å². The Morgan fingerprint density at radius 1 is 1.29 bits per heavy atom. The van der Waals surface area contributed by atoms with E-state index in [4.69, 9.17) is 9.29 Å². The van der Waals surface area contributed by atoms with Crippen LogP contribution in [0.2, 0.25) is 0 Å². The third kappa shape index (κ3) is 4.08. The molecule has 10 heteroatoms. The number of aliphatic hydroxyl groups excluding tert-OH is 1. The maximum absolute atomic E-state index is 12.7. The maximum Gasteiger partial charge on any atom is 0.422 e. The van der Waals surface area contributed by atoms with Gasteiger partial charge in [-0.25, -0.2) is 0 Å². The summed E-state index contributed by atoms with van der Waals surface area (Å²) in [5, 5.41) is 10.6. The van der Waals surface area contributed by atoms with Crippen LogP contribution in [0.1, 0.15) is 43.7 Å². The minimum atomic E-state index is -4.70. The Morgan fingerprint density at radius 2 is 2.00 bits per heavy atom. The van der Waals surface area contributed by atoms with Gasteiger partial charge in [0.25, 0.3) is 0 Å². The molecule has 0 unspecified atom stereocenters. The van der Waals surface area contributed by atoms with Crippen molar-refractivity contribution >= 4 is 21.6 Å². The molecule has 3 atom stereocenters. The van der Waals surface area contributed by atoms with Crippen molar-refractivity contribution < 1.29 is 36.0 Å². The highest BCUT2D eigenvalue weighted by Gasteiger charge is 2.52. The van der Waals surface area contributed by atoms with Gasteiger partial charge in [0.15, 0.2) is 6.61 Å². The lowest BCUT2D eigenvalue weighted by Gasteiger charge is -2.43. The molecule has 1 aromatic rings. The highest BCUT2D eigenvalue weighted by molar-refractivity contribution is 7.87. The maximum atomic E-state index is 12.7. The Morgan fingerprint density at radius 3 is 2.65 bits per heavy atom. The number of allylic oxidation sites excluding steroid dienone is 2. The van der Waals surface area contributed by atoms with Crippen molar-refractivity contribution in [3.63, 3.8) is 0 Å². The number of hydrogen-bond donors (Lipinski definition) is 3. The highest BCUT2D eigenvalue weighted by atomic mass is 32.2. The van der Waals surface area contributed by atoms with Crippen LogP contribution in [0.3, 0.4) is 0 Å². The summed E-state index contributed by atoms with van der Waals surface area (Å²) < 4.78 is 76.7. The lowest BCUT2D eigenvalue weighted by atomic mass is 9.62. The number of benzene rings is 1. The summed E-state index contributed by atoms with van der Waals surface area (Å²) in [4.78, 5) is 0. The highest BCUT2D eigenvalue weighted by Crippen LogP contribution is 2.60. The molecule has 0 radical (unpaired) electrons. The van der Waals surface area contributed by atoms with Crippen LogP contribution in [0.15, 0.2) is 29.9 Å². The van der Waals surface area contributed by atoms with Crippen molar-refractivity contribution in [1.82, 2.24) is 0 Å². The first-order valence-corrected chi connectivity index (χ1v) is 11.4. The Bertz CT molecular complexity index is 1080. The van der Waals surface area contributed by atoms with E-state index in [1.165, 1.54) is 12.1 Å². The molecule has 31 heavy (non-hydrogen) atoms. The fourth-order valence-corrected chi connectivity index (χ4v) is 5.86. The van der Waals surface area contributed by atoms with Crippen molar-refractivity contribution in [1.29, 1.82) is 0 Å². The lowest BCUT2D eigenvalue weighted by molar-refractivity contribution is -0.153. The van der Waals surface area contributed by atoms with Crippen LogP contribution in [0.25, 0.3) is 5.57 Å². The summed E-state index contributed by atoms with van der Waals surface area (Å²) in [6.45, 7) is 4.62. The van der Waals surface area contributed by atoms with Crippen LogP contribution in [-0.4, -0.2) is 37.0 Å². The molecule has 1 saturated carbocycles. The predicted molar refractivity (Wildman–Crippen MR) is 109 cm³/mol. The number of aliphatic hydroxyl groups is 1. The molecule has 0 spiro atoms. The molecule has 0 aliphatic heterocycles. The number of nitrogens with one attached hydrogen (secondary N) is 1. The van der Waals surface area contributed by atoms with E-state index < -0.39 is 29.2 Å². The molecule has 0 bridgehead atoms. The average molecular weight is 459 g/mol. The van der Waals surface area contributed by atoms with Gasteiger partial charge < -0.3 is 9.84 Å². The number of hydrogen-bond acceptors (Lipinski definition) is 4. The van der Waals surface area contributed by atoms with E-state index in [9.17, 15) is 26.7 Å². The molecule has 4 rings (SSSR count). The Balaban J connectivity index is 1.80. The van der Waals surface area contributed by atoms with Crippen LogP contribution in [0, 0.1) is 11.3 Å². The van der Waals surface area contributed by atoms with Gasteiger partial charge in [0, 0.05) is 11.3 Å². The van der Waals surface area contributed by atoms with E-state index >= 15 is 0 Å². The molecule has 1 aromatic carbocycles. The first-order chi connectivity index (χ1) is 14.3. The zero-order chi connectivity index (χ0) is 22.8. The van der Waals surface area contributed by atoms with E-state index in [0.717, 1.165) is 27.8 Å². The summed E-state index contributed by atoms with van der Waals surface area (Å²) in [5.41, 5.74) is 4.02. The van der Waals surface area contributed by atoms with Crippen molar-refractivity contribution in [3.8, 4) is 5.75 Å². The fourth-order valence-electron chi connectivity index (χ4n) is 5.42. The summed E-state index contributed by atoms with van der Waals surface area (Å²) in [5.74, 6) is -0.296. The van der Waals surface area contributed by atoms with Gasteiger partial charge in [-0.1, -0.05) is 24.6 Å². The number of ether oxygens (including phenoxy) is 1. The van der Waals surface area contributed by atoms with E-state index in [-0.39, 0.29) is 22.8 Å².